The minimum atomic E-state index is 0.426. The number of fused-ring (bicyclic) bond motifs is 1. The Bertz CT molecular complexity index is 382. The molecule has 0 aliphatic carbocycles. The second kappa shape index (κ2) is 2.92. The lowest BCUT2D eigenvalue weighted by Crippen LogP contribution is -1.98. The van der Waals surface area contributed by atoms with Gasteiger partial charge >= 0.3 is 0 Å². The fourth-order valence-electron chi connectivity index (χ4n) is 1.17. The lowest BCUT2D eigenvalue weighted by atomic mass is 10.2. The number of rotatable bonds is 2. The molecule has 4 nitrogen and oxygen atoms in total. The number of hydrogen-bond donors (Lipinski definition) is 2. The molecular formula is C8H9N3O. The summed E-state index contributed by atoms with van der Waals surface area (Å²) in [6.45, 7) is 0.426. The Morgan fingerprint density at radius 3 is 3.25 bits per heavy atom. The molecule has 0 saturated carbocycles. The molecule has 4 heteroatoms. The van der Waals surface area contributed by atoms with Crippen LogP contribution in [-0.2, 0) is 11.4 Å². The van der Waals surface area contributed by atoms with E-state index in [0.717, 1.165) is 16.5 Å². The minimum Gasteiger partial charge on any atom is -0.300 e. The number of benzene rings is 1. The average Bonchev–Trinajstić information content (AvgIpc) is 2.51. The van der Waals surface area contributed by atoms with Crippen LogP contribution in [-0.4, -0.2) is 10.2 Å². The van der Waals surface area contributed by atoms with Gasteiger partial charge in [0, 0.05) is 5.39 Å². The number of nitrogens with one attached hydrogen (secondary N) is 1. The Morgan fingerprint density at radius 2 is 2.42 bits per heavy atom. The van der Waals surface area contributed by atoms with E-state index in [1.165, 1.54) is 0 Å². The van der Waals surface area contributed by atoms with E-state index in [2.05, 4.69) is 15.0 Å². The first-order valence-electron chi connectivity index (χ1n) is 3.64. The Labute approximate surface area is 69.3 Å². The number of aromatic nitrogens is 2. The van der Waals surface area contributed by atoms with Gasteiger partial charge in [0.05, 0.1) is 18.3 Å². The van der Waals surface area contributed by atoms with Crippen molar-refractivity contribution in [2.45, 2.75) is 6.61 Å². The average molecular weight is 163 g/mol. The van der Waals surface area contributed by atoms with E-state index in [1.54, 1.807) is 6.20 Å². The van der Waals surface area contributed by atoms with E-state index in [1.807, 2.05) is 18.2 Å². The van der Waals surface area contributed by atoms with Gasteiger partial charge in [-0.2, -0.15) is 5.10 Å². The molecule has 62 valence electrons. The largest absolute Gasteiger partial charge is 0.300 e. The zero-order valence-corrected chi connectivity index (χ0v) is 6.45. The van der Waals surface area contributed by atoms with Crippen LogP contribution in [0, 0.1) is 0 Å². The lowest BCUT2D eigenvalue weighted by molar-refractivity contribution is 0.124. The van der Waals surface area contributed by atoms with Gasteiger partial charge in [-0.3, -0.25) is 9.94 Å². The summed E-state index contributed by atoms with van der Waals surface area (Å²) in [6.07, 6.45) is 1.78. The number of nitrogens with zero attached hydrogens (tertiary/aromatic N) is 1. The molecule has 0 aliphatic heterocycles. The van der Waals surface area contributed by atoms with Crippen LogP contribution in [0.2, 0.25) is 0 Å². The summed E-state index contributed by atoms with van der Waals surface area (Å²) >= 11 is 0. The number of H-pyrrole nitrogens is 1. The highest BCUT2D eigenvalue weighted by Gasteiger charge is 1.96. The van der Waals surface area contributed by atoms with Gasteiger partial charge in [-0.1, -0.05) is 12.1 Å². The second-order valence-electron chi connectivity index (χ2n) is 2.60. The van der Waals surface area contributed by atoms with Crippen LogP contribution >= 0.6 is 0 Å². The molecule has 0 spiro atoms. The van der Waals surface area contributed by atoms with Crippen molar-refractivity contribution in [3.8, 4) is 0 Å². The fourth-order valence-corrected chi connectivity index (χ4v) is 1.17. The van der Waals surface area contributed by atoms with E-state index in [9.17, 15) is 0 Å². The molecule has 1 heterocycles. The summed E-state index contributed by atoms with van der Waals surface area (Å²) < 4.78 is 0. The lowest BCUT2D eigenvalue weighted by Gasteiger charge is -1.97. The van der Waals surface area contributed by atoms with Gasteiger partial charge in [-0.05, 0) is 11.6 Å². The quantitative estimate of drug-likeness (QED) is 0.648. The summed E-state index contributed by atoms with van der Waals surface area (Å²) in [5, 5.41) is 7.87. The summed E-state index contributed by atoms with van der Waals surface area (Å²) in [4.78, 5) is 4.52. The first-order chi connectivity index (χ1) is 5.90. The smallest absolute Gasteiger partial charge is 0.0930 e. The summed E-state index contributed by atoms with van der Waals surface area (Å²) in [6, 6.07) is 5.91. The molecule has 0 atom stereocenters. The van der Waals surface area contributed by atoms with E-state index >= 15 is 0 Å². The minimum absolute atomic E-state index is 0.426. The molecule has 0 radical (unpaired) electrons. The highest BCUT2D eigenvalue weighted by atomic mass is 16.6. The fraction of sp³-hybridized carbons (Fsp3) is 0.125. The zero-order valence-electron chi connectivity index (χ0n) is 6.45. The van der Waals surface area contributed by atoms with Crippen molar-refractivity contribution in [3.63, 3.8) is 0 Å². The normalized spacial score (nSPS) is 10.8. The molecule has 0 saturated heterocycles. The summed E-state index contributed by atoms with van der Waals surface area (Å²) in [5.41, 5.74) is 2.04. The van der Waals surface area contributed by atoms with Crippen LogP contribution in [0.3, 0.4) is 0 Å². The van der Waals surface area contributed by atoms with Crippen molar-refractivity contribution in [2.24, 2.45) is 5.90 Å². The van der Waals surface area contributed by atoms with E-state index in [4.69, 9.17) is 5.90 Å². The van der Waals surface area contributed by atoms with Crippen LogP contribution in [0.5, 0.6) is 0 Å². The van der Waals surface area contributed by atoms with Crippen molar-refractivity contribution in [2.75, 3.05) is 0 Å². The Morgan fingerprint density at radius 1 is 1.50 bits per heavy atom. The second-order valence-corrected chi connectivity index (χ2v) is 2.60. The van der Waals surface area contributed by atoms with Crippen molar-refractivity contribution in [3.05, 3.63) is 30.0 Å². The van der Waals surface area contributed by atoms with Crippen molar-refractivity contribution in [1.29, 1.82) is 0 Å². The number of hydrogen-bond acceptors (Lipinski definition) is 3. The molecule has 0 aliphatic rings. The molecule has 0 unspecified atom stereocenters. The first kappa shape index (κ1) is 7.27. The van der Waals surface area contributed by atoms with Crippen molar-refractivity contribution in [1.82, 2.24) is 10.2 Å². The monoisotopic (exact) mass is 163 g/mol. The maximum atomic E-state index is 4.95. The van der Waals surface area contributed by atoms with E-state index < -0.39 is 0 Å². The first-order valence-corrected chi connectivity index (χ1v) is 3.64. The predicted octanol–water partition coefficient (Wildman–Crippen LogP) is 0.953. The topological polar surface area (TPSA) is 63.9 Å². The third kappa shape index (κ3) is 1.17. The molecule has 12 heavy (non-hydrogen) atoms. The van der Waals surface area contributed by atoms with Gasteiger partial charge in [-0.25, -0.2) is 5.90 Å². The molecule has 2 rings (SSSR count). The standard InChI is InChI=1S/C8H9N3O/c9-12-5-6-1-2-7-4-10-11-8(7)3-6/h1-4H,5,9H2,(H,10,11). The third-order valence-corrected chi connectivity index (χ3v) is 1.76. The van der Waals surface area contributed by atoms with Gasteiger partial charge in [0.1, 0.15) is 0 Å². The van der Waals surface area contributed by atoms with Gasteiger partial charge in [0.2, 0.25) is 0 Å². The maximum Gasteiger partial charge on any atom is 0.0930 e. The van der Waals surface area contributed by atoms with E-state index in [-0.39, 0.29) is 0 Å². The molecule has 0 fully saturated rings. The van der Waals surface area contributed by atoms with Crippen LogP contribution in [0.1, 0.15) is 5.56 Å². The molecule has 0 bridgehead atoms. The molecule has 3 N–H and O–H groups in total. The van der Waals surface area contributed by atoms with Gasteiger partial charge in [-0.15, -0.1) is 0 Å². The SMILES string of the molecule is NOCc1ccc2cn[nH]c2c1. The highest BCUT2D eigenvalue weighted by molar-refractivity contribution is 5.78. The third-order valence-electron chi connectivity index (χ3n) is 1.76. The van der Waals surface area contributed by atoms with Crippen LogP contribution in [0.15, 0.2) is 24.4 Å². The van der Waals surface area contributed by atoms with Gasteiger partial charge in [0.25, 0.3) is 0 Å². The number of aromatic amines is 1. The van der Waals surface area contributed by atoms with Gasteiger partial charge < -0.3 is 0 Å². The highest BCUT2D eigenvalue weighted by Crippen LogP contribution is 2.12. The number of nitrogens with two attached hydrogens (primary N) is 1. The molecular weight excluding hydrogens is 154 g/mol. The summed E-state index contributed by atoms with van der Waals surface area (Å²) in [7, 11) is 0. The van der Waals surface area contributed by atoms with Crippen LogP contribution < -0.4 is 5.90 Å². The Kier molecular flexibility index (Phi) is 1.77. The predicted molar refractivity (Wildman–Crippen MR) is 45.1 cm³/mol. The summed E-state index contributed by atoms with van der Waals surface area (Å²) in [5.74, 6) is 4.95. The maximum absolute atomic E-state index is 4.95. The van der Waals surface area contributed by atoms with Crippen molar-refractivity contribution < 1.29 is 4.84 Å². The molecule has 0 amide bonds. The van der Waals surface area contributed by atoms with Gasteiger partial charge in [0.15, 0.2) is 0 Å². The molecule has 1 aromatic heterocycles. The molecule has 1 aromatic carbocycles. The molecule has 2 aromatic rings. The Hall–Kier alpha value is -1.39. The van der Waals surface area contributed by atoms with Crippen LogP contribution in [0.4, 0.5) is 0 Å². The van der Waals surface area contributed by atoms with Crippen LogP contribution in [0.25, 0.3) is 10.9 Å². The van der Waals surface area contributed by atoms with E-state index in [0.29, 0.717) is 6.61 Å². The van der Waals surface area contributed by atoms with Crippen molar-refractivity contribution >= 4 is 10.9 Å². The Balaban J connectivity index is 2.46. The zero-order chi connectivity index (χ0) is 8.39.